The zero-order valence-corrected chi connectivity index (χ0v) is 14.2. The van der Waals surface area contributed by atoms with Crippen LogP contribution >= 0.6 is 0 Å². The first kappa shape index (κ1) is 19.7. The van der Waals surface area contributed by atoms with E-state index in [0.717, 1.165) is 24.3 Å². The number of sulfonamides is 1. The Bertz CT molecular complexity index is 927. The van der Waals surface area contributed by atoms with Gasteiger partial charge in [-0.1, -0.05) is 6.07 Å². The van der Waals surface area contributed by atoms with Crippen molar-refractivity contribution in [3.63, 3.8) is 0 Å². The van der Waals surface area contributed by atoms with Gasteiger partial charge in [0, 0.05) is 11.3 Å². The van der Waals surface area contributed by atoms with Gasteiger partial charge >= 0.3 is 6.18 Å². The average molecular weight is 390 g/mol. The summed E-state index contributed by atoms with van der Waals surface area (Å²) in [5, 5.41) is 1.69. The molecule has 0 saturated heterocycles. The molecule has 140 valence electrons. The fourth-order valence-corrected chi connectivity index (χ4v) is 3.41. The van der Waals surface area contributed by atoms with Crippen molar-refractivity contribution in [1.82, 2.24) is 5.32 Å². The molecule has 0 aromatic heterocycles. The van der Waals surface area contributed by atoms with E-state index in [1.807, 2.05) is 0 Å². The maximum atomic E-state index is 13.1. The molecule has 10 heteroatoms. The van der Waals surface area contributed by atoms with Crippen LogP contribution < -0.4 is 10.0 Å². The van der Waals surface area contributed by atoms with E-state index in [2.05, 4.69) is 4.72 Å². The average Bonchev–Trinajstić information content (AvgIpc) is 2.51. The van der Waals surface area contributed by atoms with Crippen molar-refractivity contribution in [3.8, 4) is 0 Å². The molecule has 0 spiro atoms. The topological polar surface area (TPSA) is 75.3 Å². The van der Waals surface area contributed by atoms with Crippen LogP contribution in [0.15, 0.2) is 47.4 Å². The predicted molar refractivity (Wildman–Crippen MR) is 86.8 cm³/mol. The predicted octanol–water partition coefficient (Wildman–Crippen LogP) is 3.23. The Kier molecular flexibility index (Phi) is 5.55. The van der Waals surface area contributed by atoms with Crippen LogP contribution in [-0.2, 0) is 10.0 Å². The highest BCUT2D eigenvalue weighted by Gasteiger charge is 2.28. The fraction of sp³-hybridized carbons (Fsp3) is 0.188. The molecule has 0 fully saturated rings. The van der Waals surface area contributed by atoms with Gasteiger partial charge in [-0.05, 0) is 48.9 Å². The van der Waals surface area contributed by atoms with Gasteiger partial charge in [0.1, 0.15) is 12.4 Å². The van der Waals surface area contributed by atoms with E-state index in [9.17, 15) is 30.8 Å². The Morgan fingerprint density at radius 2 is 1.81 bits per heavy atom. The van der Waals surface area contributed by atoms with E-state index in [1.54, 1.807) is 5.32 Å². The standard InChI is InChI=1S/C16H14F4N2O3S/c1-10-7-12(17)5-6-14(10)26(24,25)22-13-4-2-3-11(8-13)15(23)21-9-16(18,19)20/h2-8,22H,9H2,1H3,(H,21,23). The number of aryl methyl sites for hydroxylation is 1. The third kappa shape index (κ3) is 5.19. The molecule has 0 aliphatic heterocycles. The molecular weight excluding hydrogens is 376 g/mol. The maximum absolute atomic E-state index is 13.1. The second kappa shape index (κ2) is 7.32. The first-order valence-corrected chi connectivity index (χ1v) is 8.70. The normalized spacial score (nSPS) is 11.9. The molecular formula is C16H14F4N2O3S. The molecule has 0 bridgehead atoms. The molecule has 2 aromatic carbocycles. The number of halogens is 4. The molecule has 0 aliphatic rings. The summed E-state index contributed by atoms with van der Waals surface area (Å²) < 4.78 is 76.6. The van der Waals surface area contributed by atoms with Crippen LogP contribution in [0.5, 0.6) is 0 Å². The quantitative estimate of drug-likeness (QED) is 0.770. The number of carbonyl (C=O) groups excluding carboxylic acids is 1. The Balaban J connectivity index is 2.21. The van der Waals surface area contributed by atoms with Gasteiger partial charge in [-0.25, -0.2) is 12.8 Å². The summed E-state index contributed by atoms with van der Waals surface area (Å²) in [6.07, 6.45) is -4.56. The van der Waals surface area contributed by atoms with Gasteiger partial charge in [-0.3, -0.25) is 9.52 Å². The molecule has 26 heavy (non-hydrogen) atoms. The summed E-state index contributed by atoms with van der Waals surface area (Å²) in [6.45, 7) is -0.0881. The molecule has 0 atom stereocenters. The minimum Gasteiger partial charge on any atom is -0.343 e. The summed E-state index contributed by atoms with van der Waals surface area (Å²) in [7, 11) is -4.07. The largest absolute Gasteiger partial charge is 0.405 e. The van der Waals surface area contributed by atoms with Crippen LogP contribution in [-0.4, -0.2) is 27.0 Å². The molecule has 2 rings (SSSR count). The van der Waals surface area contributed by atoms with Crippen molar-refractivity contribution in [1.29, 1.82) is 0 Å². The van der Waals surface area contributed by atoms with Crippen LogP contribution in [0.4, 0.5) is 23.2 Å². The Hall–Kier alpha value is -2.62. The summed E-state index contributed by atoms with van der Waals surface area (Å²) in [4.78, 5) is 11.6. The number of benzene rings is 2. The van der Waals surface area contributed by atoms with Gasteiger partial charge in [0.2, 0.25) is 0 Å². The lowest BCUT2D eigenvalue weighted by Gasteiger charge is -2.12. The van der Waals surface area contributed by atoms with E-state index < -0.39 is 34.5 Å². The number of hydrogen-bond donors (Lipinski definition) is 2. The van der Waals surface area contributed by atoms with Crippen LogP contribution in [0, 0.1) is 12.7 Å². The summed E-state index contributed by atoms with van der Waals surface area (Å²) >= 11 is 0. The van der Waals surface area contributed by atoms with Gasteiger partial charge in [0.15, 0.2) is 0 Å². The fourth-order valence-electron chi connectivity index (χ4n) is 2.13. The summed E-state index contributed by atoms with van der Waals surface area (Å²) in [6, 6.07) is 8.12. The molecule has 0 heterocycles. The second-order valence-electron chi connectivity index (χ2n) is 5.39. The van der Waals surface area contributed by atoms with Crippen LogP contribution in [0.3, 0.4) is 0 Å². The third-order valence-electron chi connectivity index (χ3n) is 3.25. The lowest BCUT2D eigenvalue weighted by molar-refractivity contribution is -0.123. The van der Waals surface area contributed by atoms with Gasteiger partial charge in [-0.15, -0.1) is 0 Å². The summed E-state index contributed by atoms with van der Waals surface area (Å²) in [5.41, 5.74) is 0.00948. The zero-order chi connectivity index (χ0) is 19.5. The van der Waals surface area contributed by atoms with Gasteiger partial charge in [0.25, 0.3) is 15.9 Å². The van der Waals surface area contributed by atoms with Crippen LogP contribution in [0.25, 0.3) is 0 Å². The number of hydrogen-bond acceptors (Lipinski definition) is 3. The number of amides is 1. The van der Waals surface area contributed by atoms with E-state index in [4.69, 9.17) is 0 Å². The number of anilines is 1. The van der Waals surface area contributed by atoms with Gasteiger partial charge < -0.3 is 5.32 Å². The molecule has 5 nitrogen and oxygen atoms in total. The molecule has 0 aliphatic carbocycles. The van der Waals surface area contributed by atoms with Gasteiger partial charge in [-0.2, -0.15) is 13.2 Å². The number of rotatable bonds is 5. The first-order chi connectivity index (χ1) is 12.0. The van der Waals surface area contributed by atoms with E-state index in [1.165, 1.54) is 25.1 Å². The molecule has 0 saturated carbocycles. The van der Waals surface area contributed by atoms with Crippen molar-refractivity contribution in [2.75, 3.05) is 11.3 Å². The van der Waals surface area contributed by atoms with Crippen LogP contribution in [0.1, 0.15) is 15.9 Å². The highest BCUT2D eigenvalue weighted by Crippen LogP contribution is 2.21. The first-order valence-electron chi connectivity index (χ1n) is 7.22. The summed E-state index contributed by atoms with van der Waals surface area (Å²) in [5.74, 6) is -1.59. The Morgan fingerprint density at radius 1 is 1.12 bits per heavy atom. The highest BCUT2D eigenvalue weighted by molar-refractivity contribution is 7.92. The van der Waals surface area contributed by atoms with E-state index >= 15 is 0 Å². The number of carbonyl (C=O) groups is 1. The van der Waals surface area contributed by atoms with E-state index in [-0.39, 0.29) is 21.7 Å². The van der Waals surface area contributed by atoms with Crippen molar-refractivity contribution in [2.45, 2.75) is 18.0 Å². The maximum Gasteiger partial charge on any atom is 0.405 e. The Labute approximate surface area is 147 Å². The third-order valence-corrected chi connectivity index (χ3v) is 4.79. The van der Waals surface area contributed by atoms with Gasteiger partial charge in [0.05, 0.1) is 4.90 Å². The lowest BCUT2D eigenvalue weighted by Crippen LogP contribution is -2.33. The smallest absolute Gasteiger partial charge is 0.343 e. The number of nitrogens with one attached hydrogen (secondary N) is 2. The molecule has 0 unspecified atom stereocenters. The molecule has 1 amide bonds. The Morgan fingerprint density at radius 3 is 2.42 bits per heavy atom. The van der Waals surface area contributed by atoms with Crippen molar-refractivity contribution in [2.24, 2.45) is 0 Å². The minimum absolute atomic E-state index is 0.0200. The minimum atomic E-state index is -4.56. The van der Waals surface area contributed by atoms with Crippen LogP contribution in [0.2, 0.25) is 0 Å². The molecule has 2 N–H and O–H groups in total. The number of alkyl halides is 3. The lowest BCUT2D eigenvalue weighted by atomic mass is 10.2. The molecule has 0 radical (unpaired) electrons. The van der Waals surface area contributed by atoms with Crippen molar-refractivity contribution >= 4 is 21.6 Å². The zero-order valence-electron chi connectivity index (χ0n) is 13.4. The monoisotopic (exact) mass is 390 g/mol. The highest BCUT2D eigenvalue weighted by atomic mass is 32.2. The van der Waals surface area contributed by atoms with E-state index in [0.29, 0.717) is 0 Å². The van der Waals surface area contributed by atoms with Crippen molar-refractivity contribution < 1.29 is 30.8 Å². The molecule has 2 aromatic rings. The SMILES string of the molecule is Cc1cc(F)ccc1S(=O)(=O)Nc1cccc(C(=O)NCC(F)(F)F)c1. The van der Waals surface area contributed by atoms with Crippen molar-refractivity contribution in [3.05, 3.63) is 59.4 Å². The second-order valence-corrected chi connectivity index (χ2v) is 7.04.